The lowest BCUT2D eigenvalue weighted by Gasteiger charge is -2.25. The van der Waals surface area contributed by atoms with Gasteiger partial charge in [-0.05, 0) is 23.6 Å². The molecule has 25 heavy (non-hydrogen) atoms. The normalized spacial score (nSPS) is 15.8. The van der Waals surface area contributed by atoms with E-state index in [1.807, 2.05) is 54.6 Å². The molecule has 3 aromatic rings. The van der Waals surface area contributed by atoms with Gasteiger partial charge in [0.1, 0.15) is 6.04 Å². The zero-order valence-electron chi connectivity index (χ0n) is 13.4. The quantitative estimate of drug-likeness (QED) is 0.568. The van der Waals surface area contributed by atoms with Crippen LogP contribution < -0.4 is 15.4 Å². The summed E-state index contributed by atoms with van der Waals surface area (Å²) in [7, 11) is 0. The van der Waals surface area contributed by atoms with Crippen molar-refractivity contribution in [2.24, 2.45) is 0 Å². The number of fused-ring (bicyclic) bond motifs is 2. The van der Waals surface area contributed by atoms with Crippen LogP contribution in [0.2, 0.25) is 0 Å². The van der Waals surface area contributed by atoms with Gasteiger partial charge in [0.05, 0.1) is 12.1 Å². The van der Waals surface area contributed by atoms with Gasteiger partial charge in [-0.1, -0.05) is 48.5 Å². The fourth-order valence-corrected chi connectivity index (χ4v) is 2.96. The fraction of sp³-hybridized carbons (Fsp3) is 0.100. The maximum atomic E-state index is 12.4. The second-order valence-electron chi connectivity index (χ2n) is 5.89. The molecule has 2 N–H and O–H groups in total. The number of carbonyl (C=O) groups is 2. The van der Waals surface area contributed by atoms with Gasteiger partial charge in [0.15, 0.2) is 5.75 Å². The molecule has 1 atom stereocenters. The molecule has 5 nitrogen and oxygen atoms in total. The van der Waals surface area contributed by atoms with Crippen LogP contribution in [0, 0.1) is 0 Å². The average molecular weight is 332 g/mol. The molecule has 5 heteroatoms. The summed E-state index contributed by atoms with van der Waals surface area (Å²) in [5.74, 6) is -0.213. The SMILES string of the molecule is O=C(C[C@H]1Nc2ccccc2OC1=O)Nc1cccc2ccccc12. The third-order valence-electron chi connectivity index (χ3n) is 4.17. The summed E-state index contributed by atoms with van der Waals surface area (Å²) in [4.78, 5) is 24.5. The Kier molecular flexibility index (Phi) is 3.82. The van der Waals surface area contributed by atoms with Crippen molar-refractivity contribution < 1.29 is 14.3 Å². The molecule has 0 aliphatic carbocycles. The largest absolute Gasteiger partial charge is 0.423 e. The summed E-state index contributed by atoms with van der Waals surface area (Å²) in [5.41, 5.74) is 1.44. The predicted molar refractivity (Wildman–Crippen MR) is 96.7 cm³/mol. The molecule has 4 rings (SSSR count). The number of amides is 1. The predicted octanol–water partition coefficient (Wildman–Crippen LogP) is 3.57. The van der Waals surface area contributed by atoms with Crippen molar-refractivity contribution in [3.63, 3.8) is 0 Å². The fourth-order valence-electron chi connectivity index (χ4n) is 2.96. The number of benzene rings is 3. The van der Waals surface area contributed by atoms with E-state index in [9.17, 15) is 9.59 Å². The maximum absolute atomic E-state index is 12.4. The summed E-state index contributed by atoms with van der Waals surface area (Å²) in [5, 5.41) is 7.96. The van der Waals surface area contributed by atoms with Crippen LogP contribution in [-0.2, 0) is 9.59 Å². The number of anilines is 2. The molecule has 1 amide bonds. The minimum atomic E-state index is -0.704. The number of hydrogen-bond acceptors (Lipinski definition) is 4. The Bertz CT molecular complexity index is 963. The number of carbonyl (C=O) groups excluding carboxylic acids is 2. The van der Waals surface area contributed by atoms with Crippen LogP contribution in [0.15, 0.2) is 66.7 Å². The Morgan fingerprint density at radius 3 is 2.68 bits per heavy atom. The molecule has 0 saturated heterocycles. The van der Waals surface area contributed by atoms with Crippen LogP contribution in [0.1, 0.15) is 6.42 Å². The van der Waals surface area contributed by atoms with Crippen molar-refractivity contribution in [2.45, 2.75) is 12.5 Å². The van der Waals surface area contributed by atoms with Gasteiger partial charge in [-0.15, -0.1) is 0 Å². The Labute approximate surface area is 144 Å². The van der Waals surface area contributed by atoms with Crippen LogP contribution in [0.4, 0.5) is 11.4 Å². The smallest absolute Gasteiger partial charge is 0.334 e. The molecule has 0 spiro atoms. The summed E-state index contributed by atoms with van der Waals surface area (Å²) in [6.45, 7) is 0. The van der Waals surface area contributed by atoms with Crippen molar-refractivity contribution in [2.75, 3.05) is 10.6 Å². The second-order valence-corrected chi connectivity index (χ2v) is 5.89. The molecule has 0 saturated carbocycles. The highest BCUT2D eigenvalue weighted by Gasteiger charge is 2.29. The molecule has 0 aromatic heterocycles. The first-order chi connectivity index (χ1) is 12.2. The summed E-state index contributed by atoms with van der Waals surface area (Å²) >= 11 is 0. The Balaban J connectivity index is 1.50. The lowest BCUT2D eigenvalue weighted by atomic mass is 10.1. The maximum Gasteiger partial charge on any atom is 0.334 e. The molecular weight excluding hydrogens is 316 g/mol. The van der Waals surface area contributed by atoms with E-state index in [1.165, 1.54) is 0 Å². The molecule has 0 fully saturated rings. The molecule has 0 bridgehead atoms. The van der Waals surface area contributed by atoms with E-state index in [1.54, 1.807) is 12.1 Å². The van der Waals surface area contributed by atoms with Gasteiger partial charge in [-0.2, -0.15) is 0 Å². The van der Waals surface area contributed by atoms with E-state index in [-0.39, 0.29) is 12.3 Å². The van der Waals surface area contributed by atoms with Crippen LogP contribution in [-0.4, -0.2) is 17.9 Å². The van der Waals surface area contributed by atoms with Crippen molar-refractivity contribution in [1.82, 2.24) is 0 Å². The molecule has 0 unspecified atom stereocenters. The molecule has 3 aromatic carbocycles. The van der Waals surface area contributed by atoms with Crippen LogP contribution in [0.3, 0.4) is 0 Å². The number of hydrogen-bond donors (Lipinski definition) is 2. The second kappa shape index (κ2) is 6.28. The van der Waals surface area contributed by atoms with Crippen molar-refractivity contribution >= 4 is 34.0 Å². The van der Waals surface area contributed by atoms with Gasteiger partial charge in [0.2, 0.25) is 5.91 Å². The van der Waals surface area contributed by atoms with Gasteiger partial charge in [-0.25, -0.2) is 4.79 Å². The minimum absolute atomic E-state index is 0.00358. The minimum Gasteiger partial charge on any atom is -0.423 e. The standard InChI is InChI=1S/C20H16N2O3/c23-19(22-15-10-5-7-13-6-1-2-8-14(13)15)12-17-20(24)25-18-11-4-3-9-16(18)21-17/h1-11,17,21H,12H2,(H,22,23)/t17-/m1/s1. The van der Waals surface area contributed by atoms with Crippen LogP contribution >= 0.6 is 0 Å². The molecule has 124 valence electrons. The first kappa shape index (κ1) is 15.2. The topological polar surface area (TPSA) is 67.4 Å². The van der Waals surface area contributed by atoms with E-state index in [4.69, 9.17) is 4.74 Å². The van der Waals surface area contributed by atoms with Gasteiger partial charge in [-0.3, -0.25) is 4.79 Å². The highest BCUT2D eigenvalue weighted by Crippen LogP contribution is 2.29. The van der Waals surface area contributed by atoms with Crippen LogP contribution in [0.25, 0.3) is 10.8 Å². The van der Waals surface area contributed by atoms with Crippen molar-refractivity contribution in [3.05, 3.63) is 66.7 Å². The third-order valence-corrected chi connectivity index (χ3v) is 4.17. The van der Waals surface area contributed by atoms with Gasteiger partial charge in [0, 0.05) is 11.1 Å². The molecule has 1 aliphatic rings. The lowest BCUT2D eigenvalue weighted by molar-refractivity contribution is -0.137. The zero-order valence-corrected chi connectivity index (χ0v) is 13.4. The molecule has 1 aliphatic heterocycles. The monoisotopic (exact) mass is 332 g/mol. The molecule has 0 radical (unpaired) electrons. The summed E-state index contributed by atoms with van der Waals surface area (Å²) < 4.78 is 5.28. The first-order valence-electron chi connectivity index (χ1n) is 8.05. The van der Waals surface area contributed by atoms with Crippen LogP contribution in [0.5, 0.6) is 5.75 Å². The number of para-hydroxylation sites is 2. The van der Waals surface area contributed by atoms with Crippen molar-refractivity contribution in [1.29, 1.82) is 0 Å². The van der Waals surface area contributed by atoms with Crippen molar-refractivity contribution in [3.8, 4) is 5.75 Å². The van der Waals surface area contributed by atoms with Gasteiger partial charge < -0.3 is 15.4 Å². The Hall–Kier alpha value is -3.34. The third kappa shape index (κ3) is 3.04. The molecule has 1 heterocycles. The van der Waals surface area contributed by atoms with Gasteiger partial charge >= 0.3 is 5.97 Å². The van der Waals surface area contributed by atoms with E-state index in [2.05, 4.69) is 10.6 Å². The number of nitrogens with one attached hydrogen (secondary N) is 2. The van der Waals surface area contributed by atoms with E-state index < -0.39 is 12.0 Å². The van der Waals surface area contributed by atoms with E-state index in [0.29, 0.717) is 11.4 Å². The number of esters is 1. The lowest BCUT2D eigenvalue weighted by Crippen LogP contribution is -2.39. The number of ether oxygens (including phenoxy) is 1. The Morgan fingerprint density at radius 1 is 1.00 bits per heavy atom. The van der Waals surface area contributed by atoms with E-state index in [0.717, 1.165) is 16.5 Å². The molecular formula is C20H16N2O3. The number of rotatable bonds is 3. The highest BCUT2D eigenvalue weighted by molar-refractivity contribution is 6.03. The highest BCUT2D eigenvalue weighted by atomic mass is 16.5. The van der Waals surface area contributed by atoms with Gasteiger partial charge in [0.25, 0.3) is 0 Å². The van der Waals surface area contributed by atoms with E-state index >= 15 is 0 Å². The Morgan fingerprint density at radius 2 is 1.76 bits per heavy atom. The summed E-state index contributed by atoms with van der Waals surface area (Å²) in [6, 6.07) is 20.0. The average Bonchev–Trinajstić information content (AvgIpc) is 2.63. The first-order valence-corrected chi connectivity index (χ1v) is 8.05. The summed E-state index contributed by atoms with van der Waals surface area (Å²) in [6.07, 6.45) is -0.00358. The zero-order chi connectivity index (χ0) is 17.2.